The van der Waals surface area contributed by atoms with Crippen molar-refractivity contribution in [2.45, 2.75) is 44.2 Å². The topological polar surface area (TPSA) is 47.7 Å². The summed E-state index contributed by atoms with van der Waals surface area (Å²) in [6.07, 6.45) is 4.80. The van der Waals surface area contributed by atoms with Crippen molar-refractivity contribution < 1.29 is 9.47 Å². The van der Waals surface area contributed by atoms with E-state index in [0.29, 0.717) is 6.10 Å². The number of nitrogens with zero attached hydrogens (tertiary/aromatic N) is 1. The first-order chi connectivity index (χ1) is 8.27. The molecule has 2 fully saturated rings. The Morgan fingerprint density at radius 1 is 1.24 bits per heavy atom. The lowest BCUT2D eigenvalue weighted by Crippen LogP contribution is -2.55. The minimum Gasteiger partial charge on any atom is -0.381 e. The van der Waals surface area contributed by atoms with E-state index in [0.717, 1.165) is 65.1 Å². The molecule has 2 N–H and O–H groups in total. The van der Waals surface area contributed by atoms with Crippen molar-refractivity contribution in [1.82, 2.24) is 4.90 Å². The first-order valence-electron chi connectivity index (χ1n) is 6.91. The summed E-state index contributed by atoms with van der Waals surface area (Å²) in [6.45, 7) is 7.65. The quantitative estimate of drug-likeness (QED) is 0.784. The van der Waals surface area contributed by atoms with Gasteiger partial charge in [-0.3, -0.25) is 4.90 Å². The lowest BCUT2D eigenvalue weighted by molar-refractivity contribution is 0.0281. The Morgan fingerprint density at radius 2 is 2.12 bits per heavy atom. The van der Waals surface area contributed by atoms with E-state index < -0.39 is 0 Å². The maximum absolute atomic E-state index is 6.10. The van der Waals surface area contributed by atoms with Crippen LogP contribution in [-0.4, -0.2) is 56.0 Å². The number of ether oxygens (including phenoxy) is 2. The summed E-state index contributed by atoms with van der Waals surface area (Å²) in [6, 6.07) is 0. The summed E-state index contributed by atoms with van der Waals surface area (Å²) in [5.74, 6) is 0. The van der Waals surface area contributed by atoms with E-state index in [2.05, 4.69) is 11.8 Å². The van der Waals surface area contributed by atoms with Crippen LogP contribution in [-0.2, 0) is 9.47 Å². The van der Waals surface area contributed by atoms with Gasteiger partial charge in [-0.1, -0.05) is 0 Å². The van der Waals surface area contributed by atoms with Crippen LogP contribution in [0.15, 0.2) is 0 Å². The van der Waals surface area contributed by atoms with Crippen LogP contribution in [0.4, 0.5) is 0 Å². The van der Waals surface area contributed by atoms with Gasteiger partial charge in [-0.25, -0.2) is 0 Å². The highest BCUT2D eigenvalue weighted by Crippen LogP contribution is 2.29. The predicted molar refractivity (Wildman–Crippen MR) is 68.1 cm³/mol. The summed E-state index contributed by atoms with van der Waals surface area (Å²) in [5.41, 5.74) is 6.25. The van der Waals surface area contributed by atoms with Gasteiger partial charge in [0, 0.05) is 45.0 Å². The Balaban J connectivity index is 2.08. The molecule has 0 saturated carbocycles. The monoisotopic (exact) mass is 242 g/mol. The summed E-state index contributed by atoms with van der Waals surface area (Å²) < 4.78 is 11.3. The molecule has 100 valence electrons. The summed E-state index contributed by atoms with van der Waals surface area (Å²) in [4.78, 5) is 2.57. The Kier molecular flexibility index (Phi) is 4.79. The third-order valence-corrected chi connectivity index (χ3v) is 4.15. The molecule has 17 heavy (non-hydrogen) atoms. The third kappa shape index (κ3) is 3.19. The second-order valence-corrected chi connectivity index (χ2v) is 5.38. The fourth-order valence-electron chi connectivity index (χ4n) is 3.07. The average Bonchev–Trinajstić information content (AvgIpc) is 2.69. The van der Waals surface area contributed by atoms with Crippen LogP contribution in [0.25, 0.3) is 0 Å². The van der Waals surface area contributed by atoms with E-state index in [9.17, 15) is 0 Å². The van der Waals surface area contributed by atoms with Gasteiger partial charge in [0.25, 0.3) is 0 Å². The van der Waals surface area contributed by atoms with Gasteiger partial charge in [-0.05, 0) is 32.6 Å². The van der Waals surface area contributed by atoms with Crippen molar-refractivity contribution >= 4 is 0 Å². The molecule has 0 aromatic heterocycles. The smallest absolute Gasteiger partial charge is 0.0674 e. The van der Waals surface area contributed by atoms with Gasteiger partial charge < -0.3 is 15.2 Å². The number of nitrogens with two attached hydrogens (primary N) is 1. The summed E-state index contributed by atoms with van der Waals surface area (Å²) in [5, 5.41) is 0. The molecule has 0 aliphatic carbocycles. The van der Waals surface area contributed by atoms with Gasteiger partial charge in [-0.2, -0.15) is 0 Å². The molecule has 0 bridgehead atoms. The van der Waals surface area contributed by atoms with E-state index >= 15 is 0 Å². The number of rotatable bonds is 2. The van der Waals surface area contributed by atoms with Crippen molar-refractivity contribution in [2.75, 3.05) is 39.5 Å². The van der Waals surface area contributed by atoms with E-state index in [-0.39, 0.29) is 5.54 Å². The zero-order valence-corrected chi connectivity index (χ0v) is 11.0. The maximum Gasteiger partial charge on any atom is 0.0674 e. The molecule has 2 unspecified atom stereocenters. The van der Waals surface area contributed by atoms with Crippen molar-refractivity contribution in [3.63, 3.8) is 0 Å². The molecular formula is C13H26N2O2. The molecule has 0 amide bonds. The molecule has 4 nitrogen and oxygen atoms in total. The van der Waals surface area contributed by atoms with Crippen molar-refractivity contribution in [3.8, 4) is 0 Å². The molecule has 0 radical (unpaired) electrons. The zero-order valence-electron chi connectivity index (χ0n) is 11.0. The van der Waals surface area contributed by atoms with Crippen LogP contribution in [0.5, 0.6) is 0 Å². The highest BCUT2D eigenvalue weighted by atomic mass is 16.5. The first-order valence-corrected chi connectivity index (χ1v) is 6.91. The Hall–Kier alpha value is -0.160. The fraction of sp³-hybridized carbons (Fsp3) is 1.00. The Morgan fingerprint density at radius 3 is 2.94 bits per heavy atom. The second-order valence-electron chi connectivity index (χ2n) is 5.38. The molecule has 2 saturated heterocycles. The zero-order chi connectivity index (χ0) is 12.1. The van der Waals surface area contributed by atoms with E-state index in [1.807, 2.05) is 0 Å². The van der Waals surface area contributed by atoms with Gasteiger partial charge in [-0.15, -0.1) is 0 Å². The molecule has 2 aliphatic rings. The first kappa shape index (κ1) is 13.3. The average molecular weight is 242 g/mol. The molecule has 0 aromatic rings. The molecule has 2 heterocycles. The lowest BCUT2D eigenvalue weighted by Gasteiger charge is -2.43. The van der Waals surface area contributed by atoms with Gasteiger partial charge >= 0.3 is 0 Å². The lowest BCUT2D eigenvalue weighted by atomic mass is 9.88. The van der Waals surface area contributed by atoms with Crippen LogP contribution < -0.4 is 5.73 Å². The standard InChI is InChI=1S/C13H26N2O2/c1-12-10-15(6-3-8-17-12)13(11-14)4-2-7-16-9-5-13/h12H,2-11,14H2,1H3. The number of hydrogen-bond acceptors (Lipinski definition) is 4. The minimum atomic E-state index is 0.151. The predicted octanol–water partition coefficient (Wildman–Crippen LogP) is 0.995. The van der Waals surface area contributed by atoms with Crippen LogP contribution in [0, 0.1) is 0 Å². The van der Waals surface area contributed by atoms with Crippen molar-refractivity contribution in [3.05, 3.63) is 0 Å². The van der Waals surface area contributed by atoms with Gasteiger partial charge in [0.2, 0.25) is 0 Å². The van der Waals surface area contributed by atoms with Gasteiger partial charge in [0.15, 0.2) is 0 Å². The molecule has 2 atom stereocenters. The summed E-state index contributed by atoms with van der Waals surface area (Å²) >= 11 is 0. The largest absolute Gasteiger partial charge is 0.381 e. The molecule has 0 spiro atoms. The normalized spacial score (nSPS) is 37.4. The molecule has 4 heteroatoms. The SMILES string of the molecule is CC1CN(C2(CN)CCCOCC2)CCCO1. The van der Waals surface area contributed by atoms with Crippen LogP contribution in [0.1, 0.15) is 32.6 Å². The third-order valence-electron chi connectivity index (χ3n) is 4.15. The maximum atomic E-state index is 6.10. The van der Waals surface area contributed by atoms with Crippen LogP contribution >= 0.6 is 0 Å². The molecule has 2 aliphatic heterocycles. The Bertz CT molecular complexity index is 227. The van der Waals surface area contributed by atoms with E-state index in [4.69, 9.17) is 15.2 Å². The van der Waals surface area contributed by atoms with Gasteiger partial charge in [0.05, 0.1) is 6.10 Å². The minimum absolute atomic E-state index is 0.151. The fourth-order valence-corrected chi connectivity index (χ4v) is 3.07. The molecular weight excluding hydrogens is 216 g/mol. The van der Waals surface area contributed by atoms with Crippen LogP contribution in [0.3, 0.4) is 0 Å². The number of hydrogen-bond donors (Lipinski definition) is 1. The van der Waals surface area contributed by atoms with Crippen molar-refractivity contribution in [2.24, 2.45) is 5.73 Å². The van der Waals surface area contributed by atoms with Gasteiger partial charge in [0.1, 0.15) is 0 Å². The van der Waals surface area contributed by atoms with E-state index in [1.165, 1.54) is 0 Å². The Labute approximate surface area is 104 Å². The van der Waals surface area contributed by atoms with E-state index in [1.54, 1.807) is 0 Å². The highest BCUT2D eigenvalue weighted by molar-refractivity contribution is 4.94. The molecule has 2 rings (SSSR count). The summed E-state index contributed by atoms with van der Waals surface area (Å²) in [7, 11) is 0. The van der Waals surface area contributed by atoms with Crippen LogP contribution in [0.2, 0.25) is 0 Å². The van der Waals surface area contributed by atoms with Crippen molar-refractivity contribution in [1.29, 1.82) is 0 Å². The molecule has 0 aromatic carbocycles. The highest BCUT2D eigenvalue weighted by Gasteiger charge is 2.37. The second kappa shape index (κ2) is 6.14.